The Morgan fingerprint density at radius 1 is 1.22 bits per heavy atom. The number of hydrogen-bond acceptors (Lipinski definition) is 8. The van der Waals surface area contributed by atoms with Gasteiger partial charge in [-0.3, -0.25) is 5.32 Å². The van der Waals surface area contributed by atoms with Crippen LogP contribution in [-0.4, -0.2) is 27.3 Å². The molecular formula is C23H30F3N7O3. The molecule has 36 heavy (non-hydrogen) atoms. The maximum Gasteiger partial charge on any atom is 0.416 e. The first-order chi connectivity index (χ1) is 17.1. The second-order valence-corrected chi connectivity index (χ2v) is 6.72. The fourth-order valence-electron chi connectivity index (χ4n) is 2.69. The number of allylic oxidation sites excluding steroid dienone is 4. The molecule has 10 nitrogen and oxygen atoms in total. The highest BCUT2D eigenvalue weighted by molar-refractivity contribution is 5.78. The molecule has 0 radical (unpaired) electrons. The summed E-state index contributed by atoms with van der Waals surface area (Å²) in [6.07, 6.45) is 2.53. The van der Waals surface area contributed by atoms with Crippen LogP contribution in [0.4, 0.5) is 18.0 Å². The van der Waals surface area contributed by atoms with E-state index in [0.29, 0.717) is 17.7 Å². The van der Waals surface area contributed by atoms with Gasteiger partial charge in [0.15, 0.2) is 0 Å². The van der Waals surface area contributed by atoms with Gasteiger partial charge in [0, 0.05) is 23.7 Å². The van der Waals surface area contributed by atoms with Gasteiger partial charge in [0.2, 0.25) is 5.88 Å². The number of carbonyl (C=O) groups excluding carboxylic acids is 1. The summed E-state index contributed by atoms with van der Waals surface area (Å²) in [7, 11) is 0. The molecule has 0 aliphatic heterocycles. The summed E-state index contributed by atoms with van der Waals surface area (Å²) in [4.78, 5) is 25.2. The van der Waals surface area contributed by atoms with Gasteiger partial charge in [-0.05, 0) is 26.8 Å². The molecule has 0 fully saturated rings. The van der Waals surface area contributed by atoms with Crippen LogP contribution in [0.5, 0.6) is 0 Å². The van der Waals surface area contributed by atoms with Crippen molar-refractivity contribution in [2.45, 2.75) is 47.3 Å². The lowest BCUT2D eigenvalue weighted by molar-refractivity contribution is -0.0882. The molecule has 0 aliphatic rings. The van der Waals surface area contributed by atoms with E-state index in [9.17, 15) is 18.0 Å². The van der Waals surface area contributed by atoms with Crippen LogP contribution in [0, 0.1) is 13.8 Å². The van der Waals surface area contributed by atoms with Crippen LogP contribution in [0.3, 0.4) is 0 Å². The topological polar surface area (TPSA) is 140 Å². The van der Waals surface area contributed by atoms with E-state index in [4.69, 9.17) is 10.4 Å². The van der Waals surface area contributed by atoms with E-state index >= 15 is 0 Å². The molecule has 0 unspecified atom stereocenters. The number of amides is 2. The molecule has 0 aliphatic carbocycles. The van der Waals surface area contributed by atoms with Crippen molar-refractivity contribution in [3.63, 3.8) is 0 Å². The normalized spacial score (nSPS) is 12.3. The van der Waals surface area contributed by atoms with Gasteiger partial charge < -0.3 is 20.0 Å². The maximum atomic E-state index is 12.9. The third kappa shape index (κ3) is 8.91. The number of rotatable bonds is 9. The molecule has 0 saturated carbocycles. The average Bonchev–Trinajstić information content (AvgIpc) is 3.19. The van der Waals surface area contributed by atoms with Crippen molar-refractivity contribution in [1.29, 1.82) is 0 Å². The van der Waals surface area contributed by atoms with Crippen molar-refractivity contribution in [3.8, 4) is 11.1 Å². The largest absolute Gasteiger partial charge is 0.416 e. The molecule has 2 heterocycles. The first-order valence-corrected chi connectivity index (χ1v) is 10.8. The van der Waals surface area contributed by atoms with Crippen molar-refractivity contribution in [2.75, 3.05) is 0 Å². The van der Waals surface area contributed by atoms with Crippen molar-refractivity contribution < 1.29 is 27.3 Å². The molecule has 2 amide bonds. The van der Waals surface area contributed by atoms with E-state index in [2.05, 4.69) is 42.5 Å². The molecule has 0 bridgehead atoms. The number of nitrogens with one attached hydrogen (secondary N) is 3. The van der Waals surface area contributed by atoms with Crippen LogP contribution in [0.25, 0.3) is 11.1 Å². The van der Waals surface area contributed by atoms with Gasteiger partial charge in [-0.1, -0.05) is 37.7 Å². The quantitative estimate of drug-likeness (QED) is 0.221. The van der Waals surface area contributed by atoms with Crippen LogP contribution < -0.4 is 21.8 Å². The number of carbonyl (C=O) groups is 1. The lowest BCUT2D eigenvalue weighted by Crippen LogP contribution is -2.36. The summed E-state index contributed by atoms with van der Waals surface area (Å²) in [5.41, 5.74) is 1.16. The first-order valence-electron chi connectivity index (χ1n) is 10.8. The molecule has 0 aromatic carbocycles. The number of aryl methyl sites for hydroxylation is 2. The summed E-state index contributed by atoms with van der Waals surface area (Å²) in [5.74, 6) is 6.02. The zero-order chi connectivity index (χ0) is 27.3. The van der Waals surface area contributed by atoms with Crippen molar-refractivity contribution in [2.24, 2.45) is 5.90 Å². The smallest absolute Gasteiger partial charge is 0.391 e. The van der Waals surface area contributed by atoms with E-state index < -0.39 is 17.8 Å². The third-order valence-electron chi connectivity index (χ3n) is 4.31. The summed E-state index contributed by atoms with van der Waals surface area (Å²) >= 11 is 0. The molecule has 2 aromatic heterocycles. The summed E-state index contributed by atoms with van der Waals surface area (Å²) in [6, 6.07) is -0.881. The van der Waals surface area contributed by atoms with E-state index in [1.165, 1.54) is 19.2 Å². The number of alkyl halides is 3. The summed E-state index contributed by atoms with van der Waals surface area (Å²) < 4.78 is 43.7. The predicted molar refractivity (Wildman–Crippen MR) is 128 cm³/mol. The molecular weight excluding hydrogens is 479 g/mol. The van der Waals surface area contributed by atoms with E-state index in [0.717, 1.165) is 22.9 Å². The zero-order valence-corrected chi connectivity index (χ0v) is 20.7. The van der Waals surface area contributed by atoms with Crippen LogP contribution in [0.2, 0.25) is 0 Å². The molecule has 0 spiro atoms. The Hall–Kier alpha value is -4.13. The maximum absolute atomic E-state index is 12.9. The monoisotopic (exact) mass is 509 g/mol. The molecule has 0 atom stereocenters. The van der Waals surface area contributed by atoms with Gasteiger partial charge in [0.25, 0.3) is 0 Å². The molecule has 13 heteroatoms. The number of aromatic nitrogens is 3. The predicted octanol–water partition coefficient (Wildman–Crippen LogP) is 4.43. The Morgan fingerprint density at radius 2 is 1.86 bits per heavy atom. The number of hydrogen-bond donors (Lipinski definition) is 4. The van der Waals surface area contributed by atoms with Crippen LogP contribution in [0.15, 0.2) is 65.1 Å². The SMILES string of the molecule is C=C/C(=C\C(=C/C)NC(=O)N/C(=C/NCc1ncc(-c2c(C)noc2C)cn1)ON)C(F)(F)F.CC. The van der Waals surface area contributed by atoms with Crippen molar-refractivity contribution in [3.05, 3.63) is 77.8 Å². The lowest BCUT2D eigenvalue weighted by atomic mass is 10.1. The highest BCUT2D eigenvalue weighted by atomic mass is 19.4. The van der Waals surface area contributed by atoms with Gasteiger partial charge in [0.1, 0.15) is 11.6 Å². The average molecular weight is 510 g/mol. The fraction of sp³-hybridized carbons (Fsp3) is 0.304. The van der Waals surface area contributed by atoms with E-state index in [-0.39, 0.29) is 18.1 Å². The Labute approximate surface area is 207 Å². The van der Waals surface area contributed by atoms with Crippen LogP contribution >= 0.6 is 0 Å². The van der Waals surface area contributed by atoms with Gasteiger partial charge in [0.05, 0.1) is 29.6 Å². The van der Waals surface area contributed by atoms with Crippen molar-refractivity contribution >= 4 is 6.03 Å². The highest BCUT2D eigenvalue weighted by Gasteiger charge is 2.31. The van der Waals surface area contributed by atoms with E-state index in [1.807, 2.05) is 20.8 Å². The molecule has 2 rings (SSSR count). The first kappa shape index (κ1) is 29.9. The highest BCUT2D eigenvalue weighted by Crippen LogP contribution is 2.27. The Balaban J connectivity index is 0.00000316. The minimum absolute atomic E-state index is 0.110. The van der Waals surface area contributed by atoms with Gasteiger partial charge in [-0.15, -0.1) is 0 Å². The summed E-state index contributed by atoms with van der Waals surface area (Å²) in [5, 5.41) is 11.2. The van der Waals surface area contributed by atoms with Gasteiger partial charge in [-0.25, -0.2) is 14.8 Å². The number of urea groups is 1. The van der Waals surface area contributed by atoms with E-state index in [1.54, 1.807) is 19.3 Å². The number of nitrogens with zero attached hydrogens (tertiary/aromatic N) is 3. The van der Waals surface area contributed by atoms with Crippen molar-refractivity contribution in [1.82, 2.24) is 31.1 Å². The Bertz CT molecular complexity index is 1090. The standard InChI is InChI=1S/C21H24F3N7O3.C2H6/c1-5-15(21(22,23)24)7-16(6-2)29-20(32)30-18(33-25)11-26-10-17-27-8-14(9-28-17)19-12(3)31-34-13(19)4;1-2/h5-9,11,26H,1,10,25H2,2-4H3,(H2,29,30,32);1-2H3/b15-7+,16-6+,18-11-;. The second-order valence-electron chi connectivity index (χ2n) is 6.72. The minimum Gasteiger partial charge on any atom is -0.391 e. The number of halogens is 3. The lowest BCUT2D eigenvalue weighted by Gasteiger charge is -2.12. The molecule has 2 aromatic rings. The number of nitrogens with two attached hydrogens (primary N) is 1. The second kappa shape index (κ2) is 14.3. The minimum atomic E-state index is -4.61. The van der Waals surface area contributed by atoms with Gasteiger partial charge >= 0.3 is 12.2 Å². The summed E-state index contributed by atoms with van der Waals surface area (Å²) in [6.45, 7) is 12.3. The van der Waals surface area contributed by atoms with Crippen LogP contribution in [-0.2, 0) is 11.4 Å². The molecule has 196 valence electrons. The fourth-order valence-corrected chi connectivity index (χ4v) is 2.69. The zero-order valence-electron chi connectivity index (χ0n) is 20.7. The van der Waals surface area contributed by atoms with Gasteiger partial charge in [-0.2, -0.15) is 19.1 Å². The Kier molecular flexibility index (Phi) is 11.9. The molecule has 5 N–H and O–H groups in total. The van der Waals surface area contributed by atoms with Crippen LogP contribution in [0.1, 0.15) is 38.0 Å². The third-order valence-corrected chi connectivity index (χ3v) is 4.31. The Morgan fingerprint density at radius 3 is 2.33 bits per heavy atom. The molecule has 0 saturated heterocycles.